The third kappa shape index (κ3) is 4.27. The minimum atomic E-state index is -0.1000. The Balaban J connectivity index is 2.57. The topological polar surface area (TPSA) is 87.1 Å². The normalized spacial score (nSPS) is 10.3. The van der Waals surface area contributed by atoms with Crippen LogP contribution >= 0.6 is 0 Å². The summed E-state index contributed by atoms with van der Waals surface area (Å²) in [6, 6.07) is 1.58. The molecule has 0 amide bonds. The number of nitrogens with one attached hydrogen (secondary N) is 1. The lowest BCUT2D eigenvalue weighted by atomic mass is 10.2. The molecule has 0 atom stereocenters. The van der Waals surface area contributed by atoms with Gasteiger partial charge in [0.1, 0.15) is 0 Å². The number of nitrogens with zero attached hydrogens (tertiary/aromatic N) is 2. The van der Waals surface area contributed by atoms with Crippen molar-refractivity contribution in [2.45, 2.75) is 39.5 Å². The van der Waals surface area contributed by atoms with Crippen LogP contribution in [-0.2, 0) is 0 Å². The second-order valence-corrected chi connectivity index (χ2v) is 4.05. The van der Waals surface area contributed by atoms with Crippen LogP contribution in [0.5, 0.6) is 5.88 Å². The monoisotopic (exact) mass is 254 g/mol. The number of aromatic nitrogens is 2. The summed E-state index contributed by atoms with van der Waals surface area (Å²) < 4.78 is 5.83. The molecule has 102 valence electrons. The number of unbranched alkanes of at least 4 members (excludes halogenated alkanes) is 3. The summed E-state index contributed by atoms with van der Waals surface area (Å²) in [6.45, 7) is 5.26. The highest BCUT2D eigenvalue weighted by molar-refractivity contribution is 5.36. The molecule has 18 heavy (non-hydrogen) atoms. The van der Waals surface area contributed by atoms with Gasteiger partial charge in [-0.1, -0.05) is 31.2 Å². The molecule has 0 bridgehead atoms. The fraction of sp³-hybridized carbons (Fsp3) is 0.667. The van der Waals surface area contributed by atoms with Crippen molar-refractivity contribution in [1.29, 1.82) is 0 Å². The number of ether oxygens (including phenoxy) is 1. The zero-order chi connectivity index (χ0) is 13.4. The highest BCUT2D eigenvalue weighted by Gasteiger charge is 2.10. The Bertz CT molecular complexity index is 371. The molecule has 0 radical (unpaired) electrons. The summed E-state index contributed by atoms with van der Waals surface area (Å²) in [6.07, 6.45) is 4.58. The predicted octanol–water partition coefficient (Wildman–Crippen LogP) is 1.69. The number of nitrogens with two attached hydrogens (primary N) is 1. The van der Waals surface area contributed by atoms with Crippen LogP contribution in [0.25, 0.3) is 0 Å². The molecule has 0 saturated carbocycles. The van der Waals surface area contributed by atoms with Crippen molar-refractivity contribution in [2.24, 2.45) is 0 Å². The van der Waals surface area contributed by atoms with E-state index in [0.29, 0.717) is 23.0 Å². The van der Waals surface area contributed by atoms with E-state index in [-0.39, 0.29) is 5.95 Å². The van der Waals surface area contributed by atoms with E-state index in [4.69, 9.17) is 10.5 Å². The molecule has 6 heteroatoms. The summed E-state index contributed by atoms with van der Waals surface area (Å²) in [4.78, 5) is 3.85. The van der Waals surface area contributed by atoms with Gasteiger partial charge in [0.25, 0.3) is 5.88 Å². The maximum Gasteiger partial charge on any atom is 0.347 e. The molecule has 0 saturated heterocycles. The van der Waals surface area contributed by atoms with Crippen molar-refractivity contribution in [3.05, 3.63) is 11.3 Å². The first-order valence-corrected chi connectivity index (χ1v) is 6.45. The van der Waals surface area contributed by atoms with Crippen molar-refractivity contribution in [1.82, 2.24) is 4.98 Å². The van der Waals surface area contributed by atoms with Crippen LogP contribution < -0.4 is 20.5 Å². The third-order valence-corrected chi connectivity index (χ3v) is 2.54. The quantitative estimate of drug-likeness (QED) is 0.419. The molecule has 0 fully saturated rings. The molecule has 1 rings (SSSR count). The van der Waals surface area contributed by atoms with Crippen LogP contribution in [0.2, 0.25) is 0 Å². The van der Waals surface area contributed by atoms with Gasteiger partial charge < -0.3 is 21.0 Å². The largest absolute Gasteiger partial charge is 0.754 e. The van der Waals surface area contributed by atoms with Gasteiger partial charge in [0.2, 0.25) is 5.82 Å². The minimum absolute atomic E-state index is 0.1000. The summed E-state index contributed by atoms with van der Waals surface area (Å²) in [5, 5.41) is 14.7. The summed E-state index contributed by atoms with van der Waals surface area (Å²) in [5.41, 5.74) is 5.52. The van der Waals surface area contributed by atoms with E-state index in [1.54, 1.807) is 6.07 Å². The first-order valence-electron chi connectivity index (χ1n) is 6.45. The first-order chi connectivity index (χ1) is 8.69. The molecular formula is C12H22N4O2. The average molecular weight is 254 g/mol. The van der Waals surface area contributed by atoms with E-state index in [0.717, 1.165) is 19.4 Å². The maximum atomic E-state index is 11.7. The lowest BCUT2D eigenvalue weighted by Crippen LogP contribution is -2.36. The molecule has 0 aliphatic rings. The molecule has 0 unspecified atom stereocenters. The smallest absolute Gasteiger partial charge is 0.347 e. The van der Waals surface area contributed by atoms with Crippen LogP contribution in [0.1, 0.15) is 39.5 Å². The highest BCUT2D eigenvalue weighted by Crippen LogP contribution is 2.13. The van der Waals surface area contributed by atoms with E-state index in [9.17, 15) is 5.21 Å². The first kappa shape index (κ1) is 14.3. The molecule has 0 aliphatic heterocycles. The van der Waals surface area contributed by atoms with E-state index >= 15 is 0 Å². The van der Waals surface area contributed by atoms with Gasteiger partial charge in [-0.15, -0.1) is 0 Å². The van der Waals surface area contributed by atoms with Crippen LogP contribution in [0.15, 0.2) is 6.07 Å². The van der Waals surface area contributed by atoms with Crippen molar-refractivity contribution in [3.8, 4) is 5.88 Å². The molecule has 3 N–H and O–H groups in total. The molecule has 1 aromatic heterocycles. The van der Waals surface area contributed by atoms with Gasteiger partial charge >= 0.3 is 5.95 Å². The fourth-order valence-electron chi connectivity index (χ4n) is 1.60. The number of hydrogen-bond donors (Lipinski definition) is 2. The summed E-state index contributed by atoms with van der Waals surface area (Å²) >= 11 is 0. The Morgan fingerprint density at radius 1 is 1.39 bits per heavy atom. The number of rotatable bonds is 8. The Morgan fingerprint density at radius 2 is 2.17 bits per heavy atom. The van der Waals surface area contributed by atoms with Gasteiger partial charge in [0.15, 0.2) is 0 Å². The summed E-state index contributed by atoms with van der Waals surface area (Å²) in [5.74, 6) is 0.664. The number of anilines is 2. The van der Waals surface area contributed by atoms with E-state index < -0.39 is 0 Å². The van der Waals surface area contributed by atoms with Crippen LogP contribution in [0.4, 0.5) is 11.8 Å². The zero-order valence-electron chi connectivity index (χ0n) is 11.1. The second kappa shape index (κ2) is 7.58. The molecule has 0 spiro atoms. The van der Waals surface area contributed by atoms with Crippen LogP contribution in [0.3, 0.4) is 0 Å². The van der Waals surface area contributed by atoms with Gasteiger partial charge in [-0.2, -0.15) is 0 Å². The lowest BCUT2D eigenvalue weighted by Gasteiger charge is -2.14. The Morgan fingerprint density at radius 3 is 2.83 bits per heavy atom. The number of nitrogen functional groups attached to an aromatic ring is 1. The molecule has 0 aliphatic carbocycles. The van der Waals surface area contributed by atoms with Crippen molar-refractivity contribution < 1.29 is 9.47 Å². The average Bonchev–Trinajstić information content (AvgIpc) is 2.35. The van der Waals surface area contributed by atoms with Crippen molar-refractivity contribution >= 4 is 11.8 Å². The van der Waals surface area contributed by atoms with Gasteiger partial charge in [-0.25, -0.2) is 4.73 Å². The molecule has 1 aromatic rings. The van der Waals surface area contributed by atoms with Crippen LogP contribution in [0, 0.1) is 5.21 Å². The fourth-order valence-corrected chi connectivity index (χ4v) is 1.60. The lowest BCUT2D eigenvalue weighted by molar-refractivity contribution is -0.577. The predicted molar refractivity (Wildman–Crippen MR) is 71.4 cm³/mol. The minimum Gasteiger partial charge on any atom is -0.754 e. The number of hydrogen-bond acceptors (Lipinski definition) is 5. The molecular weight excluding hydrogens is 232 g/mol. The molecule has 1 heterocycles. The van der Waals surface area contributed by atoms with E-state index in [1.165, 1.54) is 12.8 Å². The Labute approximate surface area is 108 Å². The molecule has 0 aromatic carbocycles. The third-order valence-electron chi connectivity index (χ3n) is 2.54. The second-order valence-electron chi connectivity index (χ2n) is 4.05. The van der Waals surface area contributed by atoms with Gasteiger partial charge in [-0.3, -0.25) is 0 Å². The van der Waals surface area contributed by atoms with Gasteiger partial charge in [0.05, 0.1) is 12.7 Å². The SMILES string of the molecule is CCCCCCNc1cc(OCC)nc(N)[n+]1[O-]. The highest BCUT2D eigenvalue weighted by atomic mass is 16.5. The standard InChI is InChI=1S/C12H22N4O2/c1-3-5-6-7-8-14-10-9-11(18-4-2)15-12(13)16(10)17/h9,14H,3-8H2,1-2H3,(H2,13,15). The Kier molecular flexibility index (Phi) is 6.04. The molecule has 6 nitrogen and oxygen atoms in total. The van der Waals surface area contributed by atoms with Crippen LogP contribution in [-0.4, -0.2) is 18.1 Å². The Hall–Kier alpha value is -1.72. The van der Waals surface area contributed by atoms with E-state index in [2.05, 4.69) is 17.2 Å². The van der Waals surface area contributed by atoms with Crippen molar-refractivity contribution in [3.63, 3.8) is 0 Å². The summed E-state index contributed by atoms with van der Waals surface area (Å²) in [7, 11) is 0. The maximum absolute atomic E-state index is 11.7. The van der Waals surface area contributed by atoms with E-state index in [1.807, 2.05) is 6.92 Å². The van der Waals surface area contributed by atoms with Crippen molar-refractivity contribution in [2.75, 3.05) is 24.2 Å². The van der Waals surface area contributed by atoms with Gasteiger partial charge in [0, 0.05) is 6.54 Å². The zero-order valence-corrected chi connectivity index (χ0v) is 11.1. The van der Waals surface area contributed by atoms with Gasteiger partial charge in [-0.05, 0) is 13.3 Å².